The summed E-state index contributed by atoms with van der Waals surface area (Å²) in [5.74, 6) is 0.362. The number of amides is 2. The Hall–Kier alpha value is -1.96. The van der Waals surface area contributed by atoms with Crippen molar-refractivity contribution in [1.82, 2.24) is 16.0 Å². The number of nitrogens with two attached hydrogens (primary N) is 1. The molecule has 1 aromatic rings. The zero-order valence-electron chi connectivity index (χ0n) is 20.5. The van der Waals surface area contributed by atoms with Gasteiger partial charge < -0.3 is 26.4 Å². The lowest BCUT2D eigenvalue weighted by atomic mass is 9.52. The van der Waals surface area contributed by atoms with Gasteiger partial charge in [-0.25, -0.2) is 0 Å². The Bertz CT molecular complexity index is 832. The van der Waals surface area contributed by atoms with Crippen molar-refractivity contribution in [3.63, 3.8) is 0 Å². The molecule has 2 amide bonds. The van der Waals surface area contributed by atoms with E-state index in [0.29, 0.717) is 18.5 Å². The van der Waals surface area contributed by atoms with E-state index in [0.717, 1.165) is 77.3 Å². The highest BCUT2D eigenvalue weighted by Gasteiger charge is 2.53. The number of benzene rings is 1. The topological polar surface area (TPSA) is 105 Å². The summed E-state index contributed by atoms with van der Waals surface area (Å²) in [5.41, 5.74) is 8.62. The third-order valence-electron chi connectivity index (χ3n) is 8.14. The van der Waals surface area contributed by atoms with Crippen molar-refractivity contribution >= 4 is 11.8 Å². The number of hydrogen-bond donors (Lipinski definition) is 4. The summed E-state index contributed by atoms with van der Waals surface area (Å²) in [6.45, 7) is 2.30. The lowest BCUT2D eigenvalue weighted by Crippen LogP contribution is -2.62. The molecule has 34 heavy (non-hydrogen) atoms. The zero-order valence-corrected chi connectivity index (χ0v) is 20.5. The molecule has 7 nitrogen and oxygen atoms in total. The van der Waals surface area contributed by atoms with E-state index < -0.39 is 0 Å². The summed E-state index contributed by atoms with van der Waals surface area (Å²) in [6.07, 6.45) is 10.8. The molecule has 7 heteroatoms. The second-order valence-electron chi connectivity index (χ2n) is 10.4. The lowest BCUT2D eigenvalue weighted by molar-refractivity contribution is -0.131. The van der Waals surface area contributed by atoms with Crippen LogP contribution in [0.5, 0.6) is 0 Å². The molecule has 0 radical (unpaired) electrons. The van der Waals surface area contributed by atoms with Crippen LogP contribution >= 0.6 is 0 Å². The van der Waals surface area contributed by atoms with Gasteiger partial charge in [0.15, 0.2) is 0 Å². The second kappa shape index (κ2) is 12.1. The first kappa shape index (κ1) is 25.1. The second-order valence-corrected chi connectivity index (χ2v) is 10.4. The minimum absolute atomic E-state index is 0.0692. The SMILES string of the molecule is NCCCCCCCNC(=O)COCC(=O)NC1CC[C@H]2[C@H]3Cc4ccccc4[C@@]2(CCN3)C1. The first-order valence-electron chi connectivity index (χ1n) is 13.3. The Morgan fingerprint density at radius 1 is 1.06 bits per heavy atom. The molecule has 2 bridgehead atoms. The van der Waals surface area contributed by atoms with Crippen molar-refractivity contribution in [3.8, 4) is 0 Å². The van der Waals surface area contributed by atoms with Crippen molar-refractivity contribution in [2.24, 2.45) is 11.7 Å². The minimum atomic E-state index is -0.159. The van der Waals surface area contributed by atoms with Crippen molar-refractivity contribution in [2.45, 2.75) is 81.7 Å². The molecule has 1 saturated carbocycles. The molecule has 188 valence electrons. The van der Waals surface area contributed by atoms with Gasteiger partial charge >= 0.3 is 0 Å². The number of carbonyl (C=O) groups is 2. The monoisotopic (exact) mass is 470 g/mol. The molecule has 2 aliphatic carbocycles. The summed E-state index contributed by atoms with van der Waals surface area (Å²) >= 11 is 0. The molecule has 3 aliphatic rings. The third-order valence-corrected chi connectivity index (χ3v) is 8.14. The van der Waals surface area contributed by atoms with E-state index in [-0.39, 0.29) is 36.5 Å². The first-order valence-corrected chi connectivity index (χ1v) is 13.3. The summed E-state index contributed by atoms with van der Waals surface area (Å²) in [4.78, 5) is 24.5. The fourth-order valence-corrected chi connectivity index (χ4v) is 6.63. The number of ether oxygens (including phenoxy) is 1. The van der Waals surface area contributed by atoms with Crippen LogP contribution in [-0.4, -0.2) is 56.7 Å². The molecular formula is C27H42N4O3. The van der Waals surface area contributed by atoms with Crippen LogP contribution in [0.25, 0.3) is 0 Å². The van der Waals surface area contributed by atoms with Gasteiger partial charge in [-0.15, -0.1) is 0 Å². The lowest BCUT2D eigenvalue weighted by Gasteiger charge is -2.57. The van der Waals surface area contributed by atoms with Gasteiger partial charge in [-0.2, -0.15) is 0 Å². The van der Waals surface area contributed by atoms with Crippen LogP contribution in [0.2, 0.25) is 0 Å². The van der Waals surface area contributed by atoms with Gasteiger partial charge in [-0.05, 0) is 75.1 Å². The van der Waals surface area contributed by atoms with Crippen molar-refractivity contribution in [3.05, 3.63) is 35.4 Å². The van der Waals surface area contributed by atoms with Gasteiger partial charge in [-0.1, -0.05) is 43.5 Å². The van der Waals surface area contributed by atoms with Crippen LogP contribution in [-0.2, 0) is 26.2 Å². The molecule has 1 aliphatic heterocycles. The average Bonchev–Trinajstić information content (AvgIpc) is 2.83. The van der Waals surface area contributed by atoms with Crippen LogP contribution in [0.4, 0.5) is 0 Å². The predicted molar refractivity (Wildman–Crippen MR) is 133 cm³/mol. The molecule has 0 aromatic heterocycles. The van der Waals surface area contributed by atoms with Gasteiger partial charge in [0.1, 0.15) is 13.2 Å². The van der Waals surface area contributed by atoms with E-state index in [2.05, 4.69) is 40.2 Å². The van der Waals surface area contributed by atoms with E-state index in [1.807, 2.05) is 0 Å². The maximum absolute atomic E-state index is 12.6. The number of carbonyl (C=O) groups excluding carboxylic acids is 2. The maximum atomic E-state index is 12.6. The van der Waals surface area contributed by atoms with Gasteiger partial charge in [-0.3, -0.25) is 9.59 Å². The number of fused-ring (bicyclic) bond motifs is 1. The Morgan fingerprint density at radius 2 is 1.85 bits per heavy atom. The van der Waals surface area contributed by atoms with Crippen LogP contribution in [0.1, 0.15) is 68.9 Å². The van der Waals surface area contributed by atoms with Crippen molar-refractivity contribution in [1.29, 1.82) is 0 Å². The maximum Gasteiger partial charge on any atom is 0.246 e. The minimum Gasteiger partial charge on any atom is -0.362 e. The number of piperidine rings is 1. The van der Waals surface area contributed by atoms with Gasteiger partial charge in [0.25, 0.3) is 0 Å². The molecule has 4 atom stereocenters. The predicted octanol–water partition coefficient (Wildman–Crippen LogP) is 2.17. The zero-order chi connectivity index (χ0) is 23.8. The van der Waals surface area contributed by atoms with E-state index in [1.54, 1.807) is 0 Å². The first-order chi connectivity index (χ1) is 16.6. The Morgan fingerprint density at radius 3 is 2.74 bits per heavy atom. The van der Waals surface area contributed by atoms with E-state index in [9.17, 15) is 9.59 Å². The molecule has 1 unspecified atom stereocenters. The quantitative estimate of drug-likeness (QED) is 0.351. The molecule has 2 fully saturated rings. The number of hydrogen-bond acceptors (Lipinski definition) is 5. The molecule has 1 aromatic carbocycles. The summed E-state index contributed by atoms with van der Waals surface area (Å²) < 4.78 is 5.40. The Labute approximate surface area is 204 Å². The highest BCUT2D eigenvalue weighted by molar-refractivity contribution is 5.79. The smallest absolute Gasteiger partial charge is 0.246 e. The van der Waals surface area contributed by atoms with Crippen molar-refractivity contribution < 1.29 is 14.3 Å². The number of unbranched alkanes of at least 4 members (excludes halogenated alkanes) is 4. The third kappa shape index (κ3) is 5.99. The molecule has 1 saturated heterocycles. The summed E-state index contributed by atoms with van der Waals surface area (Å²) in [7, 11) is 0. The fourth-order valence-electron chi connectivity index (χ4n) is 6.63. The van der Waals surface area contributed by atoms with E-state index in [1.165, 1.54) is 11.1 Å². The standard InChI is InChI=1S/C27H42N4O3/c28-13-6-2-1-3-7-14-30-25(32)18-34-19-26(33)31-21-10-11-23-24-16-20-8-4-5-9-22(20)27(23,17-21)12-15-29-24/h4-5,8-9,21,23-24,29H,1-3,6-7,10-19,28H2,(H,30,32)(H,31,33)/t21?,23-,24+,27+/m0/s1. The summed E-state index contributed by atoms with van der Waals surface area (Å²) in [5, 5.41) is 9.83. The highest BCUT2D eigenvalue weighted by Crippen LogP contribution is 2.53. The van der Waals surface area contributed by atoms with E-state index in [4.69, 9.17) is 10.5 Å². The summed E-state index contributed by atoms with van der Waals surface area (Å²) in [6, 6.07) is 9.60. The van der Waals surface area contributed by atoms with Crippen molar-refractivity contribution in [2.75, 3.05) is 32.8 Å². The number of rotatable bonds is 12. The molecular weight excluding hydrogens is 428 g/mol. The number of nitrogens with one attached hydrogen (secondary N) is 3. The Kier molecular flexibility index (Phi) is 8.98. The van der Waals surface area contributed by atoms with Crippen LogP contribution in [0, 0.1) is 5.92 Å². The molecule has 0 spiro atoms. The van der Waals surface area contributed by atoms with Gasteiger partial charge in [0.05, 0.1) is 0 Å². The normalized spacial score (nSPS) is 27.4. The average molecular weight is 471 g/mol. The van der Waals surface area contributed by atoms with Crippen LogP contribution in [0.15, 0.2) is 24.3 Å². The van der Waals surface area contributed by atoms with Crippen LogP contribution in [0.3, 0.4) is 0 Å². The van der Waals surface area contributed by atoms with E-state index >= 15 is 0 Å². The molecule has 1 heterocycles. The van der Waals surface area contributed by atoms with Gasteiger partial charge in [0, 0.05) is 24.0 Å². The van der Waals surface area contributed by atoms with Crippen LogP contribution < -0.4 is 21.7 Å². The highest BCUT2D eigenvalue weighted by atomic mass is 16.5. The Balaban J connectivity index is 1.18. The molecule has 5 N–H and O–H groups in total. The van der Waals surface area contributed by atoms with Gasteiger partial charge in [0.2, 0.25) is 11.8 Å². The fraction of sp³-hybridized carbons (Fsp3) is 0.704. The largest absolute Gasteiger partial charge is 0.362 e. The molecule has 4 rings (SSSR count).